The molecule has 1 saturated heterocycles. The largest absolute Gasteiger partial charge is 0.376 e. The molecule has 6 heteroatoms. The van der Waals surface area contributed by atoms with Crippen LogP contribution in [0.5, 0.6) is 0 Å². The van der Waals surface area contributed by atoms with Crippen LogP contribution in [0.15, 0.2) is 28.8 Å². The third-order valence-corrected chi connectivity index (χ3v) is 4.35. The average Bonchev–Trinajstić information content (AvgIpc) is 3.23. The number of nitrogens with one attached hydrogen (secondary N) is 1. The summed E-state index contributed by atoms with van der Waals surface area (Å²) in [4.78, 5) is 12.8. The minimum Gasteiger partial charge on any atom is -0.376 e. The molecule has 1 aromatic heterocycles. The number of nitrogens with zero attached hydrogens (tertiary/aromatic N) is 1. The Morgan fingerprint density at radius 3 is 2.79 bits per heavy atom. The molecule has 2 heterocycles. The molecule has 1 aliphatic rings. The highest BCUT2D eigenvalue weighted by Crippen LogP contribution is 2.28. The minimum atomic E-state index is -0.334. The van der Waals surface area contributed by atoms with Crippen LogP contribution in [0.4, 0.5) is 4.39 Å². The molecule has 1 fully saturated rings. The van der Waals surface area contributed by atoms with E-state index in [1.807, 2.05) is 6.92 Å². The third-order valence-electron chi connectivity index (χ3n) is 4.35. The first kappa shape index (κ1) is 16.6. The fourth-order valence-electron chi connectivity index (χ4n) is 3.09. The average molecular weight is 332 g/mol. The van der Waals surface area contributed by atoms with Crippen LogP contribution in [0.2, 0.25) is 0 Å². The number of hydrogen-bond acceptors (Lipinski definition) is 4. The van der Waals surface area contributed by atoms with E-state index < -0.39 is 0 Å². The molecule has 0 saturated carbocycles. The molecular weight excluding hydrogens is 311 g/mol. The van der Waals surface area contributed by atoms with Crippen molar-refractivity contribution in [3.8, 4) is 0 Å². The standard InChI is InChI=1S/C18H21FN2O3/c1-3-14-16(11(2)24-21-14)18(22)20-17(15-5-4-10-23-15)12-6-8-13(19)9-7-12/h6-9,15,17H,3-5,10H2,1-2H3,(H,20,22)/t15-,17+/m0/s1. The summed E-state index contributed by atoms with van der Waals surface area (Å²) in [6.07, 6.45) is 2.29. The number of hydrogen-bond donors (Lipinski definition) is 1. The lowest BCUT2D eigenvalue weighted by Gasteiger charge is -2.24. The van der Waals surface area contributed by atoms with Gasteiger partial charge in [-0.05, 0) is 43.9 Å². The van der Waals surface area contributed by atoms with Crippen molar-refractivity contribution in [3.05, 3.63) is 52.7 Å². The van der Waals surface area contributed by atoms with Crippen molar-refractivity contribution >= 4 is 5.91 Å². The second-order valence-corrected chi connectivity index (χ2v) is 5.97. The Morgan fingerprint density at radius 1 is 1.42 bits per heavy atom. The zero-order valence-corrected chi connectivity index (χ0v) is 13.8. The van der Waals surface area contributed by atoms with Crippen LogP contribution in [0.3, 0.4) is 0 Å². The minimum absolute atomic E-state index is 0.121. The van der Waals surface area contributed by atoms with Crippen LogP contribution in [-0.2, 0) is 11.2 Å². The van der Waals surface area contributed by atoms with Crippen LogP contribution in [0, 0.1) is 12.7 Å². The lowest BCUT2D eigenvalue weighted by Crippen LogP contribution is -2.36. The van der Waals surface area contributed by atoms with E-state index in [-0.39, 0.29) is 23.9 Å². The van der Waals surface area contributed by atoms with Gasteiger partial charge in [0.2, 0.25) is 0 Å². The topological polar surface area (TPSA) is 64.4 Å². The number of halogens is 1. The summed E-state index contributed by atoms with van der Waals surface area (Å²) in [5.41, 5.74) is 1.93. The highest BCUT2D eigenvalue weighted by atomic mass is 19.1. The molecule has 1 N–H and O–H groups in total. The van der Waals surface area contributed by atoms with Gasteiger partial charge in [-0.15, -0.1) is 0 Å². The number of carbonyl (C=O) groups excluding carboxylic acids is 1. The van der Waals surface area contributed by atoms with Crippen LogP contribution in [0.25, 0.3) is 0 Å². The van der Waals surface area contributed by atoms with E-state index >= 15 is 0 Å². The number of ether oxygens (including phenoxy) is 1. The van der Waals surface area contributed by atoms with E-state index in [0.717, 1.165) is 18.4 Å². The fourth-order valence-corrected chi connectivity index (χ4v) is 3.09. The maximum absolute atomic E-state index is 13.2. The zero-order chi connectivity index (χ0) is 17.1. The Morgan fingerprint density at radius 2 is 2.17 bits per heavy atom. The van der Waals surface area contributed by atoms with Gasteiger partial charge < -0.3 is 14.6 Å². The van der Waals surface area contributed by atoms with E-state index in [0.29, 0.717) is 30.0 Å². The van der Waals surface area contributed by atoms with Crippen molar-refractivity contribution in [1.82, 2.24) is 10.5 Å². The van der Waals surface area contributed by atoms with Crippen molar-refractivity contribution in [3.63, 3.8) is 0 Å². The van der Waals surface area contributed by atoms with Gasteiger partial charge in [0.05, 0.1) is 17.8 Å². The number of aryl methyl sites for hydroxylation is 2. The third kappa shape index (κ3) is 3.33. The van der Waals surface area contributed by atoms with Crippen LogP contribution >= 0.6 is 0 Å². The van der Waals surface area contributed by atoms with Crippen LogP contribution in [-0.4, -0.2) is 23.8 Å². The summed E-state index contributed by atoms with van der Waals surface area (Å²) in [5.74, 6) is -0.0516. The lowest BCUT2D eigenvalue weighted by atomic mass is 9.98. The van der Waals surface area contributed by atoms with Gasteiger partial charge in [0.15, 0.2) is 0 Å². The molecule has 24 heavy (non-hydrogen) atoms. The Labute approximate surface area is 140 Å². The van der Waals surface area contributed by atoms with Crippen molar-refractivity contribution in [1.29, 1.82) is 0 Å². The fraction of sp³-hybridized carbons (Fsp3) is 0.444. The summed E-state index contributed by atoms with van der Waals surface area (Å²) >= 11 is 0. The molecule has 5 nitrogen and oxygen atoms in total. The second-order valence-electron chi connectivity index (χ2n) is 5.97. The predicted molar refractivity (Wildman–Crippen MR) is 86.2 cm³/mol. The maximum Gasteiger partial charge on any atom is 0.257 e. The molecule has 2 atom stereocenters. The molecule has 0 spiro atoms. The number of benzene rings is 1. The smallest absolute Gasteiger partial charge is 0.257 e. The van der Waals surface area contributed by atoms with Gasteiger partial charge in [0.1, 0.15) is 17.1 Å². The Bertz CT molecular complexity index is 706. The van der Waals surface area contributed by atoms with E-state index in [1.54, 1.807) is 19.1 Å². The summed E-state index contributed by atoms with van der Waals surface area (Å²) in [7, 11) is 0. The molecule has 3 rings (SSSR count). The number of aromatic nitrogens is 1. The van der Waals surface area contributed by atoms with Gasteiger partial charge in [0, 0.05) is 6.61 Å². The number of rotatable bonds is 5. The van der Waals surface area contributed by atoms with Crippen LogP contribution in [0.1, 0.15) is 53.2 Å². The van der Waals surface area contributed by atoms with Crippen molar-refractivity contribution in [2.24, 2.45) is 0 Å². The van der Waals surface area contributed by atoms with Gasteiger partial charge in [-0.2, -0.15) is 0 Å². The Balaban J connectivity index is 1.87. The molecule has 0 unspecified atom stereocenters. The van der Waals surface area contributed by atoms with E-state index in [9.17, 15) is 9.18 Å². The van der Waals surface area contributed by atoms with Gasteiger partial charge in [0.25, 0.3) is 5.91 Å². The molecule has 1 aromatic carbocycles. The summed E-state index contributed by atoms with van der Waals surface area (Å²) in [6, 6.07) is 5.82. The Hall–Kier alpha value is -2.21. The highest BCUT2D eigenvalue weighted by molar-refractivity contribution is 5.96. The highest BCUT2D eigenvalue weighted by Gasteiger charge is 2.30. The number of amides is 1. The van der Waals surface area contributed by atoms with E-state index in [1.165, 1.54) is 12.1 Å². The Kier molecular flexibility index (Phi) is 4.94. The van der Waals surface area contributed by atoms with Gasteiger partial charge >= 0.3 is 0 Å². The number of carbonyl (C=O) groups is 1. The second kappa shape index (κ2) is 7.13. The lowest BCUT2D eigenvalue weighted by molar-refractivity contribution is 0.0671. The van der Waals surface area contributed by atoms with Crippen molar-refractivity contribution in [2.45, 2.75) is 45.3 Å². The molecular formula is C18H21FN2O3. The quantitative estimate of drug-likeness (QED) is 0.912. The van der Waals surface area contributed by atoms with Gasteiger partial charge in [-0.3, -0.25) is 4.79 Å². The monoisotopic (exact) mass is 332 g/mol. The summed E-state index contributed by atoms with van der Waals surface area (Å²) in [5, 5.41) is 6.95. The van der Waals surface area contributed by atoms with Crippen LogP contribution < -0.4 is 5.32 Å². The molecule has 2 aromatic rings. The van der Waals surface area contributed by atoms with E-state index in [2.05, 4.69) is 10.5 Å². The maximum atomic E-state index is 13.2. The molecule has 1 amide bonds. The molecule has 0 aliphatic carbocycles. The van der Waals surface area contributed by atoms with Crippen molar-refractivity contribution in [2.75, 3.05) is 6.61 Å². The first-order valence-electron chi connectivity index (χ1n) is 8.23. The van der Waals surface area contributed by atoms with E-state index in [4.69, 9.17) is 9.26 Å². The molecule has 1 aliphatic heterocycles. The first-order chi connectivity index (χ1) is 11.6. The molecule has 128 valence electrons. The molecule has 0 bridgehead atoms. The van der Waals surface area contributed by atoms with Crippen molar-refractivity contribution < 1.29 is 18.4 Å². The normalized spacial score (nSPS) is 18.5. The molecule has 0 radical (unpaired) electrons. The summed E-state index contributed by atoms with van der Waals surface area (Å²) < 4.78 is 24.1. The van der Waals surface area contributed by atoms with Gasteiger partial charge in [-0.25, -0.2) is 4.39 Å². The zero-order valence-electron chi connectivity index (χ0n) is 13.8. The SMILES string of the molecule is CCc1noc(C)c1C(=O)N[C@H](c1ccc(F)cc1)[C@@H]1CCCO1. The summed E-state index contributed by atoms with van der Waals surface area (Å²) in [6.45, 7) is 4.32. The predicted octanol–water partition coefficient (Wildman–Crippen LogP) is 3.33. The van der Waals surface area contributed by atoms with Gasteiger partial charge in [-0.1, -0.05) is 24.2 Å². The first-order valence-corrected chi connectivity index (χ1v) is 8.23.